The summed E-state index contributed by atoms with van der Waals surface area (Å²) in [6.07, 6.45) is 5.21. The van der Waals surface area contributed by atoms with E-state index in [2.05, 4.69) is 34.5 Å². The highest BCUT2D eigenvalue weighted by Crippen LogP contribution is 2.35. The minimum absolute atomic E-state index is 0.546. The molecule has 0 bridgehead atoms. The number of likely N-dealkylation sites (tertiary alicyclic amines) is 1. The van der Waals surface area contributed by atoms with E-state index in [1.54, 1.807) is 7.11 Å². The fourth-order valence-corrected chi connectivity index (χ4v) is 4.38. The van der Waals surface area contributed by atoms with Gasteiger partial charge in [0.05, 0.1) is 13.7 Å². The molecule has 2 heterocycles. The van der Waals surface area contributed by atoms with Gasteiger partial charge in [-0.15, -0.1) is 11.3 Å². The Hall–Kier alpha value is -1.52. The van der Waals surface area contributed by atoms with Crippen LogP contribution in [0, 0.1) is 0 Å². The van der Waals surface area contributed by atoms with Crippen LogP contribution in [-0.2, 0) is 6.54 Å². The number of rotatable bonds is 6. The van der Waals surface area contributed by atoms with Gasteiger partial charge >= 0.3 is 0 Å². The lowest BCUT2D eigenvalue weighted by atomic mass is 10.1. The predicted molar refractivity (Wildman–Crippen MR) is 100 cm³/mol. The highest BCUT2D eigenvalue weighted by atomic mass is 32.1. The van der Waals surface area contributed by atoms with Crippen LogP contribution in [0.1, 0.15) is 49.1 Å². The molecule has 1 aliphatic rings. The van der Waals surface area contributed by atoms with Gasteiger partial charge in [0.15, 0.2) is 11.5 Å². The van der Waals surface area contributed by atoms with Crippen molar-refractivity contribution in [3.05, 3.63) is 46.2 Å². The van der Waals surface area contributed by atoms with Crippen molar-refractivity contribution in [2.24, 2.45) is 0 Å². The average Bonchev–Trinajstić information content (AvgIpc) is 3.03. The zero-order valence-corrected chi connectivity index (χ0v) is 15.5. The van der Waals surface area contributed by atoms with E-state index in [4.69, 9.17) is 9.47 Å². The summed E-state index contributed by atoms with van der Waals surface area (Å²) in [5, 5.41) is 2.19. The third-order valence-electron chi connectivity index (χ3n) is 4.65. The van der Waals surface area contributed by atoms with E-state index in [0.717, 1.165) is 24.6 Å². The van der Waals surface area contributed by atoms with Crippen molar-refractivity contribution in [3.8, 4) is 11.5 Å². The Morgan fingerprint density at radius 2 is 2.08 bits per heavy atom. The third kappa shape index (κ3) is 4.11. The Morgan fingerprint density at radius 3 is 2.83 bits per heavy atom. The lowest BCUT2D eigenvalue weighted by Gasteiger charge is -2.29. The molecule has 2 aromatic rings. The van der Waals surface area contributed by atoms with Crippen molar-refractivity contribution in [3.63, 3.8) is 0 Å². The van der Waals surface area contributed by atoms with Gasteiger partial charge < -0.3 is 9.47 Å². The Bertz CT molecular complexity index is 627. The molecule has 3 nitrogen and oxygen atoms in total. The minimum Gasteiger partial charge on any atom is -0.493 e. The summed E-state index contributed by atoms with van der Waals surface area (Å²) in [5.74, 6) is 1.66. The number of hydrogen-bond donors (Lipinski definition) is 0. The Balaban J connectivity index is 1.79. The van der Waals surface area contributed by atoms with E-state index in [9.17, 15) is 0 Å². The number of thiophene rings is 1. The van der Waals surface area contributed by atoms with Crippen LogP contribution >= 0.6 is 11.3 Å². The summed E-state index contributed by atoms with van der Waals surface area (Å²) >= 11 is 1.88. The van der Waals surface area contributed by atoms with Crippen LogP contribution in [0.15, 0.2) is 35.7 Å². The van der Waals surface area contributed by atoms with E-state index in [1.807, 2.05) is 24.3 Å². The molecule has 0 spiro atoms. The lowest BCUT2D eigenvalue weighted by molar-refractivity contribution is 0.195. The molecule has 1 aliphatic heterocycles. The van der Waals surface area contributed by atoms with E-state index in [1.165, 1.54) is 36.1 Å². The van der Waals surface area contributed by atoms with Gasteiger partial charge in [-0.1, -0.05) is 25.0 Å². The number of hydrogen-bond acceptors (Lipinski definition) is 4. The molecule has 0 unspecified atom stereocenters. The zero-order chi connectivity index (χ0) is 16.8. The quantitative estimate of drug-likeness (QED) is 0.711. The first-order valence-electron chi connectivity index (χ1n) is 8.89. The van der Waals surface area contributed by atoms with E-state index in [-0.39, 0.29) is 0 Å². The van der Waals surface area contributed by atoms with Crippen molar-refractivity contribution in [1.82, 2.24) is 4.90 Å². The Kier molecular flexibility index (Phi) is 6.16. The van der Waals surface area contributed by atoms with Crippen LogP contribution < -0.4 is 9.47 Å². The summed E-state index contributed by atoms with van der Waals surface area (Å²) in [4.78, 5) is 4.13. The van der Waals surface area contributed by atoms with Gasteiger partial charge in [0, 0.05) is 17.5 Å². The van der Waals surface area contributed by atoms with Crippen molar-refractivity contribution in [2.45, 2.75) is 45.2 Å². The van der Waals surface area contributed by atoms with Crippen molar-refractivity contribution in [1.29, 1.82) is 0 Å². The molecule has 1 aromatic carbocycles. The van der Waals surface area contributed by atoms with E-state index in [0.29, 0.717) is 12.6 Å². The minimum atomic E-state index is 0.546. The van der Waals surface area contributed by atoms with E-state index >= 15 is 0 Å². The van der Waals surface area contributed by atoms with Gasteiger partial charge in [0.25, 0.3) is 0 Å². The van der Waals surface area contributed by atoms with Crippen LogP contribution in [0.25, 0.3) is 0 Å². The molecule has 0 N–H and O–H groups in total. The van der Waals surface area contributed by atoms with Gasteiger partial charge in [0.2, 0.25) is 0 Å². The van der Waals surface area contributed by atoms with Crippen molar-refractivity contribution >= 4 is 11.3 Å². The topological polar surface area (TPSA) is 21.7 Å². The average molecular weight is 346 g/mol. The zero-order valence-electron chi connectivity index (χ0n) is 14.7. The summed E-state index contributed by atoms with van der Waals surface area (Å²) in [5.41, 5.74) is 1.29. The van der Waals surface area contributed by atoms with Gasteiger partial charge in [-0.25, -0.2) is 0 Å². The first kappa shape index (κ1) is 17.3. The molecule has 1 atom stereocenters. The highest BCUT2D eigenvalue weighted by Gasteiger charge is 2.23. The molecule has 4 heteroatoms. The third-order valence-corrected chi connectivity index (χ3v) is 5.62. The van der Waals surface area contributed by atoms with Gasteiger partial charge in [-0.05, 0) is 55.5 Å². The lowest BCUT2D eigenvalue weighted by Crippen LogP contribution is -2.27. The molecule has 1 saturated heterocycles. The van der Waals surface area contributed by atoms with Crippen LogP contribution in [0.4, 0.5) is 0 Å². The van der Waals surface area contributed by atoms with Crippen LogP contribution in [-0.4, -0.2) is 25.2 Å². The smallest absolute Gasteiger partial charge is 0.161 e. The molecule has 0 saturated carbocycles. The SMILES string of the molecule is CCOc1ccc(CN2CCCCC[C@@H]2c2cccs2)cc1OC. The maximum atomic E-state index is 5.64. The second kappa shape index (κ2) is 8.54. The summed E-state index contributed by atoms with van der Waals surface area (Å²) in [6, 6.07) is 11.3. The molecule has 0 radical (unpaired) electrons. The normalized spacial score (nSPS) is 19.0. The first-order valence-corrected chi connectivity index (χ1v) is 9.77. The molecule has 24 heavy (non-hydrogen) atoms. The van der Waals surface area contributed by atoms with Crippen molar-refractivity contribution < 1.29 is 9.47 Å². The summed E-state index contributed by atoms with van der Waals surface area (Å²) < 4.78 is 11.1. The summed E-state index contributed by atoms with van der Waals surface area (Å²) in [6.45, 7) is 4.78. The molecule has 3 rings (SSSR count). The van der Waals surface area contributed by atoms with Crippen molar-refractivity contribution in [2.75, 3.05) is 20.3 Å². The second-order valence-electron chi connectivity index (χ2n) is 6.27. The van der Waals surface area contributed by atoms with Gasteiger partial charge in [0.1, 0.15) is 0 Å². The Morgan fingerprint density at radius 1 is 1.17 bits per heavy atom. The molecular formula is C20H27NO2S. The monoisotopic (exact) mass is 345 g/mol. The van der Waals surface area contributed by atoms with Crippen LogP contribution in [0.2, 0.25) is 0 Å². The standard InChI is InChI=1S/C20H27NO2S/c1-3-23-18-11-10-16(14-19(18)22-2)15-21-12-6-4-5-8-17(21)20-9-7-13-24-20/h7,9-11,13-14,17H,3-6,8,12,15H2,1-2H3/t17-/m1/s1. The number of benzene rings is 1. The predicted octanol–water partition coefficient (Wildman–Crippen LogP) is 5.27. The summed E-state index contributed by atoms with van der Waals surface area (Å²) in [7, 11) is 1.71. The van der Waals surface area contributed by atoms with Crippen LogP contribution in [0.5, 0.6) is 11.5 Å². The number of ether oxygens (including phenoxy) is 2. The fourth-order valence-electron chi connectivity index (χ4n) is 3.48. The molecule has 0 aliphatic carbocycles. The molecule has 0 amide bonds. The first-order chi connectivity index (χ1) is 11.8. The van der Waals surface area contributed by atoms with Gasteiger partial charge in [-0.2, -0.15) is 0 Å². The Labute approximate surface area is 149 Å². The highest BCUT2D eigenvalue weighted by molar-refractivity contribution is 7.10. The molecule has 1 fully saturated rings. The molecule has 130 valence electrons. The van der Waals surface area contributed by atoms with Crippen LogP contribution in [0.3, 0.4) is 0 Å². The number of methoxy groups -OCH3 is 1. The maximum absolute atomic E-state index is 5.64. The molecule has 1 aromatic heterocycles. The van der Waals surface area contributed by atoms with E-state index < -0.39 is 0 Å². The largest absolute Gasteiger partial charge is 0.493 e. The molecular weight excluding hydrogens is 318 g/mol. The number of nitrogens with zero attached hydrogens (tertiary/aromatic N) is 1. The maximum Gasteiger partial charge on any atom is 0.161 e. The second-order valence-corrected chi connectivity index (χ2v) is 7.25. The fraction of sp³-hybridized carbons (Fsp3) is 0.500. The van der Waals surface area contributed by atoms with Gasteiger partial charge in [-0.3, -0.25) is 4.90 Å².